The van der Waals surface area contributed by atoms with Gasteiger partial charge < -0.3 is 14.5 Å². The molecule has 3 rings (SSSR count). The van der Waals surface area contributed by atoms with Crippen molar-refractivity contribution in [3.8, 4) is 11.6 Å². The van der Waals surface area contributed by atoms with Gasteiger partial charge in [-0.05, 0) is 18.1 Å². The van der Waals surface area contributed by atoms with Crippen LogP contribution in [-0.4, -0.2) is 54.9 Å². The Morgan fingerprint density at radius 3 is 2.88 bits per heavy atom. The third kappa shape index (κ3) is 3.77. The molecule has 9 heteroatoms. The number of hydrogen-bond acceptors (Lipinski definition) is 7. The Labute approximate surface area is 150 Å². The maximum Gasteiger partial charge on any atom is 0.239 e. The molecule has 0 saturated carbocycles. The standard InChI is InChI=1S/C17H20N6O3/c1-11-5-3-4-6-12(11)13(9-24)23(2)15(25)8-7-14-20-17(22-26-14)16-18-10-19-21-16/h3-6,10,13,24H,7-9H2,1-2H3,(H,18,19,21). The van der Waals surface area contributed by atoms with Gasteiger partial charge in [0.1, 0.15) is 6.33 Å². The third-order valence-electron chi connectivity index (χ3n) is 4.23. The number of aromatic nitrogens is 5. The highest BCUT2D eigenvalue weighted by Crippen LogP contribution is 2.23. The Bertz CT molecular complexity index is 861. The molecule has 0 aliphatic heterocycles. The second kappa shape index (κ2) is 7.87. The van der Waals surface area contributed by atoms with E-state index in [-0.39, 0.29) is 18.9 Å². The van der Waals surface area contributed by atoms with Gasteiger partial charge in [0, 0.05) is 19.9 Å². The summed E-state index contributed by atoms with van der Waals surface area (Å²) in [6, 6.07) is 7.31. The highest BCUT2D eigenvalue weighted by molar-refractivity contribution is 5.76. The van der Waals surface area contributed by atoms with E-state index in [0.29, 0.717) is 24.0 Å². The van der Waals surface area contributed by atoms with Gasteiger partial charge >= 0.3 is 0 Å². The van der Waals surface area contributed by atoms with Crippen molar-refractivity contribution in [1.29, 1.82) is 0 Å². The number of nitrogens with one attached hydrogen (secondary N) is 1. The molecule has 2 N–H and O–H groups in total. The topological polar surface area (TPSA) is 121 Å². The van der Waals surface area contributed by atoms with Crippen LogP contribution in [0.25, 0.3) is 11.6 Å². The quantitative estimate of drug-likeness (QED) is 0.654. The lowest BCUT2D eigenvalue weighted by atomic mass is 10.0. The van der Waals surface area contributed by atoms with Crippen molar-refractivity contribution < 1.29 is 14.4 Å². The summed E-state index contributed by atoms with van der Waals surface area (Å²) in [5.41, 5.74) is 1.95. The fourth-order valence-electron chi connectivity index (χ4n) is 2.72. The number of H-pyrrole nitrogens is 1. The van der Waals surface area contributed by atoms with Crippen LogP contribution in [0.15, 0.2) is 35.1 Å². The van der Waals surface area contributed by atoms with Crippen molar-refractivity contribution in [1.82, 2.24) is 30.2 Å². The van der Waals surface area contributed by atoms with E-state index < -0.39 is 6.04 Å². The van der Waals surface area contributed by atoms with Crippen LogP contribution in [0.3, 0.4) is 0 Å². The zero-order valence-corrected chi connectivity index (χ0v) is 14.6. The molecule has 0 radical (unpaired) electrons. The van der Waals surface area contributed by atoms with Crippen LogP contribution < -0.4 is 0 Å². The number of rotatable bonds is 7. The van der Waals surface area contributed by atoms with Gasteiger partial charge in [-0.2, -0.15) is 10.1 Å². The van der Waals surface area contributed by atoms with Crippen LogP contribution in [0.4, 0.5) is 0 Å². The van der Waals surface area contributed by atoms with Crippen LogP contribution >= 0.6 is 0 Å². The van der Waals surface area contributed by atoms with E-state index in [0.717, 1.165) is 11.1 Å². The average Bonchev–Trinajstić information content (AvgIpc) is 3.33. The molecular formula is C17H20N6O3. The number of amides is 1. The molecule has 1 unspecified atom stereocenters. The van der Waals surface area contributed by atoms with E-state index in [1.54, 1.807) is 11.9 Å². The van der Waals surface area contributed by atoms with E-state index >= 15 is 0 Å². The average molecular weight is 356 g/mol. The summed E-state index contributed by atoms with van der Waals surface area (Å²) in [5, 5.41) is 19.9. The van der Waals surface area contributed by atoms with Crippen molar-refractivity contribution in [3.05, 3.63) is 47.6 Å². The minimum absolute atomic E-state index is 0.119. The van der Waals surface area contributed by atoms with E-state index in [1.165, 1.54) is 6.33 Å². The van der Waals surface area contributed by atoms with Gasteiger partial charge in [-0.25, -0.2) is 4.98 Å². The normalized spacial score (nSPS) is 12.1. The Balaban J connectivity index is 1.63. The minimum Gasteiger partial charge on any atom is -0.394 e. The smallest absolute Gasteiger partial charge is 0.239 e. The van der Waals surface area contributed by atoms with Crippen molar-refractivity contribution in [2.45, 2.75) is 25.8 Å². The van der Waals surface area contributed by atoms with Gasteiger partial charge in [0.25, 0.3) is 0 Å². The van der Waals surface area contributed by atoms with Gasteiger partial charge in [0.05, 0.1) is 12.6 Å². The number of aliphatic hydroxyl groups excluding tert-OH is 1. The van der Waals surface area contributed by atoms with Crippen LogP contribution in [0.5, 0.6) is 0 Å². The molecular weight excluding hydrogens is 336 g/mol. The van der Waals surface area contributed by atoms with Gasteiger partial charge in [0.2, 0.25) is 17.6 Å². The first-order chi connectivity index (χ1) is 12.6. The van der Waals surface area contributed by atoms with Crippen LogP contribution in [-0.2, 0) is 11.2 Å². The summed E-state index contributed by atoms with van der Waals surface area (Å²) < 4.78 is 5.14. The van der Waals surface area contributed by atoms with Crippen molar-refractivity contribution in [2.24, 2.45) is 0 Å². The first-order valence-electron chi connectivity index (χ1n) is 8.20. The van der Waals surface area contributed by atoms with E-state index in [9.17, 15) is 9.90 Å². The molecule has 2 heterocycles. The maximum atomic E-state index is 12.5. The molecule has 3 aromatic rings. The molecule has 26 heavy (non-hydrogen) atoms. The predicted octanol–water partition coefficient (Wildman–Crippen LogP) is 1.29. The van der Waals surface area contributed by atoms with Crippen LogP contribution in [0.1, 0.15) is 29.5 Å². The summed E-state index contributed by atoms with van der Waals surface area (Å²) in [6.07, 6.45) is 1.84. The lowest BCUT2D eigenvalue weighted by Gasteiger charge is -2.28. The minimum atomic E-state index is -0.392. The molecule has 0 aliphatic rings. The molecule has 1 aromatic carbocycles. The molecule has 0 aliphatic carbocycles. The zero-order chi connectivity index (χ0) is 18.5. The summed E-state index contributed by atoms with van der Waals surface area (Å²) in [7, 11) is 1.68. The number of aromatic amines is 1. The van der Waals surface area contributed by atoms with Crippen molar-refractivity contribution >= 4 is 5.91 Å². The number of nitrogens with zero attached hydrogens (tertiary/aromatic N) is 5. The molecule has 136 valence electrons. The van der Waals surface area contributed by atoms with Crippen molar-refractivity contribution in [3.63, 3.8) is 0 Å². The van der Waals surface area contributed by atoms with E-state index in [1.807, 2.05) is 31.2 Å². The lowest BCUT2D eigenvalue weighted by Crippen LogP contribution is -2.33. The number of aliphatic hydroxyl groups is 1. The Hall–Kier alpha value is -3.07. The van der Waals surface area contributed by atoms with Crippen LogP contribution in [0, 0.1) is 6.92 Å². The Morgan fingerprint density at radius 2 is 2.19 bits per heavy atom. The number of carbonyl (C=O) groups is 1. The molecule has 1 atom stereocenters. The number of aryl methyl sites for hydroxylation is 2. The van der Waals surface area contributed by atoms with E-state index in [4.69, 9.17) is 4.52 Å². The predicted molar refractivity (Wildman–Crippen MR) is 91.8 cm³/mol. The summed E-state index contributed by atoms with van der Waals surface area (Å²) in [5.74, 6) is 0.927. The molecule has 2 aromatic heterocycles. The third-order valence-corrected chi connectivity index (χ3v) is 4.23. The first kappa shape index (κ1) is 17.7. The second-order valence-corrected chi connectivity index (χ2v) is 5.91. The fraction of sp³-hybridized carbons (Fsp3) is 0.353. The largest absolute Gasteiger partial charge is 0.394 e. The second-order valence-electron chi connectivity index (χ2n) is 5.91. The molecule has 9 nitrogen and oxygen atoms in total. The molecule has 0 fully saturated rings. The highest BCUT2D eigenvalue weighted by atomic mass is 16.5. The van der Waals surface area contributed by atoms with Gasteiger partial charge in [0.15, 0.2) is 5.82 Å². The SMILES string of the molecule is Cc1ccccc1C(CO)N(C)C(=O)CCc1nc(-c2ncn[nH]2)no1. The Kier molecular flexibility index (Phi) is 5.37. The summed E-state index contributed by atoms with van der Waals surface area (Å²) >= 11 is 0. The maximum absolute atomic E-state index is 12.5. The van der Waals surface area contributed by atoms with Crippen molar-refractivity contribution in [2.75, 3.05) is 13.7 Å². The van der Waals surface area contributed by atoms with E-state index in [2.05, 4.69) is 25.3 Å². The zero-order valence-electron chi connectivity index (χ0n) is 14.6. The number of likely N-dealkylation sites (N-methyl/N-ethyl adjacent to an activating group) is 1. The highest BCUT2D eigenvalue weighted by Gasteiger charge is 2.23. The molecule has 0 spiro atoms. The Morgan fingerprint density at radius 1 is 1.38 bits per heavy atom. The summed E-state index contributed by atoms with van der Waals surface area (Å²) in [6.45, 7) is 1.81. The number of benzene rings is 1. The molecule has 0 bridgehead atoms. The fourth-order valence-corrected chi connectivity index (χ4v) is 2.72. The van der Waals surface area contributed by atoms with Crippen LogP contribution in [0.2, 0.25) is 0 Å². The van der Waals surface area contributed by atoms with Gasteiger partial charge in [-0.15, -0.1) is 0 Å². The summed E-state index contributed by atoms with van der Waals surface area (Å²) in [4.78, 5) is 22.2. The lowest BCUT2D eigenvalue weighted by molar-refractivity contribution is -0.133. The molecule has 0 saturated heterocycles. The first-order valence-corrected chi connectivity index (χ1v) is 8.20. The monoisotopic (exact) mass is 356 g/mol. The van der Waals surface area contributed by atoms with Gasteiger partial charge in [-0.1, -0.05) is 29.4 Å². The number of hydrogen-bond donors (Lipinski definition) is 2. The molecule has 1 amide bonds. The van der Waals surface area contributed by atoms with Gasteiger partial charge in [-0.3, -0.25) is 9.89 Å². The number of carbonyl (C=O) groups excluding carboxylic acids is 1.